The predicted molar refractivity (Wildman–Crippen MR) is 88.2 cm³/mol. The maximum absolute atomic E-state index is 13.1. The SMILES string of the molecule is CS(=O)(=O)c1ccc(N2N=C(C(F)F)C[C@@]2(O)c2ccccc2)nc1. The molecule has 1 aromatic carbocycles. The third-order valence-corrected chi connectivity index (χ3v) is 4.96. The van der Waals surface area contributed by atoms with Crippen molar-refractivity contribution in [3.05, 3.63) is 54.2 Å². The van der Waals surface area contributed by atoms with Crippen molar-refractivity contribution in [2.75, 3.05) is 11.3 Å². The number of halogens is 2. The molecule has 0 saturated carbocycles. The zero-order valence-electron chi connectivity index (χ0n) is 13.2. The number of sulfone groups is 1. The zero-order chi connectivity index (χ0) is 18.2. The van der Waals surface area contributed by atoms with Crippen LogP contribution in [0.4, 0.5) is 14.6 Å². The smallest absolute Gasteiger partial charge is 0.278 e. The van der Waals surface area contributed by atoms with Gasteiger partial charge in [-0.2, -0.15) is 5.10 Å². The normalized spacial score (nSPS) is 20.8. The molecule has 1 aliphatic rings. The number of anilines is 1. The lowest BCUT2D eigenvalue weighted by Gasteiger charge is -2.32. The summed E-state index contributed by atoms with van der Waals surface area (Å²) in [6.07, 6.45) is -1.07. The van der Waals surface area contributed by atoms with Gasteiger partial charge in [0.25, 0.3) is 6.43 Å². The maximum atomic E-state index is 13.1. The Morgan fingerprint density at radius 3 is 2.40 bits per heavy atom. The minimum Gasteiger partial charge on any atom is -0.365 e. The van der Waals surface area contributed by atoms with Crippen LogP contribution in [0, 0.1) is 0 Å². The van der Waals surface area contributed by atoms with Crippen LogP contribution in [0.2, 0.25) is 0 Å². The van der Waals surface area contributed by atoms with Crippen molar-refractivity contribution in [2.24, 2.45) is 5.10 Å². The Labute approximate surface area is 143 Å². The molecule has 0 unspecified atom stereocenters. The fraction of sp³-hybridized carbons (Fsp3) is 0.250. The van der Waals surface area contributed by atoms with Crippen LogP contribution in [-0.2, 0) is 15.6 Å². The van der Waals surface area contributed by atoms with Crippen LogP contribution in [-0.4, -0.2) is 36.9 Å². The number of aliphatic hydroxyl groups is 1. The first kappa shape index (κ1) is 17.4. The molecule has 0 bridgehead atoms. The van der Waals surface area contributed by atoms with Gasteiger partial charge in [0.15, 0.2) is 21.4 Å². The topological polar surface area (TPSA) is 82.9 Å². The highest BCUT2D eigenvalue weighted by Crippen LogP contribution is 2.39. The molecular formula is C16H15F2N3O3S. The summed E-state index contributed by atoms with van der Waals surface area (Å²) in [5.41, 5.74) is -1.92. The van der Waals surface area contributed by atoms with Crippen LogP contribution in [0.3, 0.4) is 0 Å². The molecule has 3 rings (SSSR count). The van der Waals surface area contributed by atoms with Crippen LogP contribution in [0.15, 0.2) is 58.7 Å². The van der Waals surface area contributed by atoms with Gasteiger partial charge in [0.2, 0.25) is 0 Å². The molecule has 6 nitrogen and oxygen atoms in total. The van der Waals surface area contributed by atoms with Gasteiger partial charge in [0.05, 0.1) is 4.90 Å². The number of hydrogen-bond donors (Lipinski definition) is 1. The van der Waals surface area contributed by atoms with Crippen LogP contribution >= 0.6 is 0 Å². The van der Waals surface area contributed by atoms with E-state index in [0.29, 0.717) is 5.56 Å². The van der Waals surface area contributed by atoms with E-state index >= 15 is 0 Å². The second-order valence-electron chi connectivity index (χ2n) is 5.69. The van der Waals surface area contributed by atoms with Crippen molar-refractivity contribution in [3.63, 3.8) is 0 Å². The Hall–Kier alpha value is -2.39. The Kier molecular flexibility index (Phi) is 4.29. The minimum absolute atomic E-state index is 0.0169. The molecular weight excluding hydrogens is 352 g/mol. The van der Waals surface area contributed by atoms with Gasteiger partial charge in [0, 0.05) is 24.4 Å². The van der Waals surface area contributed by atoms with E-state index in [1.807, 2.05) is 0 Å². The molecule has 132 valence electrons. The Morgan fingerprint density at radius 2 is 1.88 bits per heavy atom. The van der Waals surface area contributed by atoms with Crippen molar-refractivity contribution in [3.8, 4) is 0 Å². The summed E-state index contributed by atoms with van der Waals surface area (Å²) in [6, 6.07) is 10.9. The minimum atomic E-state index is -3.45. The molecule has 1 atom stereocenters. The molecule has 9 heteroatoms. The quantitative estimate of drug-likeness (QED) is 0.895. The second kappa shape index (κ2) is 6.16. The fourth-order valence-electron chi connectivity index (χ4n) is 2.58. The summed E-state index contributed by atoms with van der Waals surface area (Å²) in [5, 5.41) is 15.9. The number of pyridine rings is 1. The van der Waals surface area contributed by atoms with E-state index in [4.69, 9.17) is 0 Å². The predicted octanol–water partition coefficient (Wildman–Crippen LogP) is 2.16. The largest absolute Gasteiger partial charge is 0.365 e. The van der Waals surface area contributed by atoms with E-state index < -0.39 is 27.7 Å². The van der Waals surface area contributed by atoms with Gasteiger partial charge < -0.3 is 5.11 Å². The van der Waals surface area contributed by atoms with E-state index in [-0.39, 0.29) is 17.1 Å². The van der Waals surface area contributed by atoms with Gasteiger partial charge in [-0.15, -0.1) is 0 Å². The first-order valence-corrected chi connectivity index (χ1v) is 9.21. The molecule has 0 aliphatic carbocycles. The number of rotatable bonds is 4. The van der Waals surface area contributed by atoms with Gasteiger partial charge in [-0.3, -0.25) is 0 Å². The summed E-state index contributed by atoms with van der Waals surface area (Å²) in [5.74, 6) is 0.0643. The number of hydrazone groups is 1. The first-order chi connectivity index (χ1) is 11.7. The highest BCUT2D eigenvalue weighted by atomic mass is 32.2. The highest BCUT2D eigenvalue weighted by molar-refractivity contribution is 7.90. The average Bonchev–Trinajstić information content (AvgIpc) is 2.94. The Bertz CT molecular complexity index is 902. The molecule has 0 spiro atoms. The summed E-state index contributed by atoms with van der Waals surface area (Å²) in [7, 11) is -3.45. The van der Waals surface area contributed by atoms with E-state index in [1.165, 1.54) is 12.1 Å². The second-order valence-corrected chi connectivity index (χ2v) is 7.70. The van der Waals surface area contributed by atoms with E-state index in [0.717, 1.165) is 17.5 Å². The van der Waals surface area contributed by atoms with E-state index in [1.54, 1.807) is 30.3 Å². The molecule has 0 fully saturated rings. The first-order valence-electron chi connectivity index (χ1n) is 7.31. The maximum Gasteiger partial charge on any atom is 0.278 e. The molecule has 2 aromatic rings. The summed E-state index contributed by atoms with van der Waals surface area (Å²) >= 11 is 0. The van der Waals surface area contributed by atoms with Gasteiger partial charge in [0.1, 0.15) is 5.71 Å². The van der Waals surface area contributed by atoms with E-state index in [9.17, 15) is 22.3 Å². The number of nitrogens with zero attached hydrogens (tertiary/aromatic N) is 3. The molecule has 1 aromatic heterocycles. The van der Waals surface area contributed by atoms with Crippen LogP contribution in [0.5, 0.6) is 0 Å². The molecule has 0 amide bonds. The van der Waals surface area contributed by atoms with E-state index in [2.05, 4.69) is 10.1 Å². The monoisotopic (exact) mass is 367 g/mol. The van der Waals surface area contributed by atoms with Gasteiger partial charge in [-0.1, -0.05) is 30.3 Å². The lowest BCUT2D eigenvalue weighted by Crippen LogP contribution is -2.40. The fourth-order valence-corrected chi connectivity index (χ4v) is 3.14. The number of hydrogen-bond acceptors (Lipinski definition) is 6. The molecule has 0 radical (unpaired) electrons. The van der Waals surface area contributed by atoms with Crippen molar-refractivity contribution >= 4 is 21.4 Å². The van der Waals surface area contributed by atoms with Crippen LogP contribution in [0.1, 0.15) is 12.0 Å². The Balaban J connectivity index is 2.06. The van der Waals surface area contributed by atoms with Gasteiger partial charge in [-0.25, -0.2) is 27.2 Å². The number of alkyl halides is 2. The standard InChI is InChI=1S/C16H15F2N3O3S/c1-25(23,24)12-7-8-14(19-10-12)21-16(22,9-13(20-21)15(17)18)11-5-3-2-4-6-11/h2-8,10,15,22H,9H2,1H3/t16-/m1/s1. The highest BCUT2D eigenvalue weighted by Gasteiger charge is 2.46. The molecule has 1 N–H and O–H groups in total. The summed E-state index contributed by atoms with van der Waals surface area (Å²) in [4.78, 5) is 3.96. The van der Waals surface area contributed by atoms with Crippen molar-refractivity contribution in [1.29, 1.82) is 0 Å². The van der Waals surface area contributed by atoms with Crippen LogP contribution in [0.25, 0.3) is 0 Å². The number of aromatic nitrogens is 1. The lowest BCUT2D eigenvalue weighted by molar-refractivity contribution is 0.0470. The molecule has 25 heavy (non-hydrogen) atoms. The summed E-state index contributed by atoms with van der Waals surface area (Å²) in [6.45, 7) is 0. The van der Waals surface area contributed by atoms with Crippen LogP contribution < -0.4 is 5.01 Å². The Morgan fingerprint density at radius 1 is 1.20 bits per heavy atom. The molecule has 0 saturated heterocycles. The molecule has 2 heterocycles. The van der Waals surface area contributed by atoms with Crippen molar-refractivity contribution in [2.45, 2.75) is 23.5 Å². The zero-order valence-corrected chi connectivity index (χ0v) is 14.0. The van der Waals surface area contributed by atoms with Gasteiger partial charge in [-0.05, 0) is 12.1 Å². The number of benzene rings is 1. The van der Waals surface area contributed by atoms with Gasteiger partial charge >= 0.3 is 0 Å². The van der Waals surface area contributed by atoms with Crippen molar-refractivity contribution in [1.82, 2.24) is 4.98 Å². The average molecular weight is 367 g/mol. The third kappa shape index (κ3) is 3.24. The summed E-state index contributed by atoms with van der Waals surface area (Å²) < 4.78 is 49.3. The molecule has 1 aliphatic heterocycles. The lowest BCUT2D eigenvalue weighted by atomic mass is 9.97. The third-order valence-electron chi connectivity index (χ3n) is 3.86. The van der Waals surface area contributed by atoms with Crippen molar-refractivity contribution < 1.29 is 22.3 Å².